The quantitative estimate of drug-likeness (QED) is 0.675. The zero-order chi connectivity index (χ0) is 15.8. The van der Waals surface area contributed by atoms with E-state index >= 15 is 0 Å². The molecule has 0 spiro atoms. The molecule has 1 aromatic rings. The fourth-order valence-electron chi connectivity index (χ4n) is 1.64. The Morgan fingerprint density at radius 2 is 2.05 bits per heavy atom. The average molecular weight is 298 g/mol. The van der Waals surface area contributed by atoms with E-state index in [1.54, 1.807) is 11.9 Å². The number of carboxylic acids is 1. The third-order valence-electron chi connectivity index (χ3n) is 2.82. The van der Waals surface area contributed by atoms with E-state index in [2.05, 4.69) is 20.5 Å². The number of rotatable bonds is 8. The summed E-state index contributed by atoms with van der Waals surface area (Å²) in [5.41, 5.74) is -0.109. The minimum absolute atomic E-state index is 0.109. The monoisotopic (exact) mass is 298 g/mol. The van der Waals surface area contributed by atoms with Crippen LogP contribution in [0.15, 0.2) is 6.20 Å². The highest BCUT2D eigenvalue weighted by molar-refractivity contribution is 5.84. The van der Waals surface area contributed by atoms with E-state index < -0.39 is 5.97 Å². The van der Waals surface area contributed by atoms with Crippen LogP contribution >= 0.6 is 0 Å². The molecular weight excluding hydrogens is 276 g/mol. The molecule has 0 saturated carbocycles. The van der Waals surface area contributed by atoms with Crippen molar-refractivity contribution >= 4 is 12.0 Å². The maximum atomic E-state index is 11.8. The predicted octanol–water partition coefficient (Wildman–Crippen LogP) is -0.431. The van der Waals surface area contributed by atoms with Gasteiger partial charge in [0.25, 0.3) is 0 Å². The normalized spacial score (nSPS) is 10.7. The van der Waals surface area contributed by atoms with Crippen LogP contribution in [0.1, 0.15) is 16.9 Å². The van der Waals surface area contributed by atoms with Gasteiger partial charge in [0.2, 0.25) is 0 Å². The summed E-state index contributed by atoms with van der Waals surface area (Å²) in [6.07, 6.45) is 2.23. The van der Waals surface area contributed by atoms with Gasteiger partial charge in [0.05, 0.1) is 12.7 Å². The molecule has 2 amide bonds. The number of urea groups is 1. The number of carbonyl (C=O) groups is 2. The first-order valence-corrected chi connectivity index (χ1v) is 6.67. The summed E-state index contributed by atoms with van der Waals surface area (Å²) in [6.45, 7) is 2.34. The summed E-state index contributed by atoms with van der Waals surface area (Å²) < 4.78 is 1.38. The third kappa shape index (κ3) is 6.21. The van der Waals surface area contributed by atoms with Gasteiger partial charge in [-0.15, -0.1) is 5.10 Å². The molecule has 0 saturated heterocycles. The first-order chi connectivity index (χ1) is 9.90. The Kier molecular flexibility index (Phi) is 6.60. The lowest BCUT2D eigenvalue weighted by Crippen LogP contribution is -2.39. The Balaban J connectivity index is 2.24. The van der Waals surface area contributed by atoms with E-state index in [-0.39, 0.29) is 11.7 Å². The van der Waals surface area contributed by atoms with Crippen LogP contribution < -0.4 is 5.32 Å². The molecule has 1 rings (SSSR count). The van der Waals surface area contributed by atoms with E-state index in [0.717, 1.165) is 13.0 Å². The summed E-state index contributed by atoms with van der Waals surface area (Å²) in [7, 11) is 5.72. The minimum atomic E-state index is -1.12. The van der Waals surface area contributed by atoms with Gasteiger partial charge in [0.1, 0.15) is 0 Å². The second-order valence-electron chi connectivity index (χ2n) is 4.98. The van der Waals surface area contributed by atoms with Gasteiger partial charge in [0.15, 0.2) is 5.69 Å². The topological polar surface area (TPSA) is 104 Å². The Morgan fingerprint density at radius 3 is 2.62 bits per heavy atom. The highest BCUT2D eigenvalue weighted by atomic mass is 16.4. The van der Waals surface area contributed by atoms with Crippen molar-refractivity contribution in [3.8, 4) is 0 Å². The van der Waals surface area contributed by atoms with Crippen molar-refractivity contribution in [3.05, 3.63) is 11.9 Å². The standard InChI is InChI=1S/C12H22N6O3/c1-16(2)6-4-7-17(3)12(21)13-5-8-18-9-10(11(19)20)14-15-18/h9H,4-8H2,1-3H3,(H,13,21)(H,19,20). The number of hydrogen-bond acceptors (Lipinski definition) is 5. The van der Waals surface area contributed by atoms with Crippen LogP contribution in [0.3, 0.4) is 0 Å². The van der Waals surface area contributed by atoms with Gasteiger partial charge in [-0.2, -0.15) is 0 Å². The van der Waals surface area contributed by atoms with Crippen LogP contribution in [0.25, 0.3) is 0 Å². The van der Waals surface area contributed by atoms with Crippen molar-refractivity contribution in [2.24, 2.45) is 0 Å². The van der Waals surface area contributed by atoms with E-state index in [4.69, 9.17) is 5.11 Å². The van der Waals surface area contributed by atoms with Crippen LogP contribution in [0.5, 0.6) is 0 Å². The van der Waals surface area contributed by atoms with Crippen LogP contribution in [0.2, 0.25) is 0 Å². The van der Waals surface area contributed by atoms with Crippen molar-refractivity contribution in [3.63, 3.8) is 0 Å². The van der Waals surface area contributed by atoms with Crippen LogP contribution in [-0.4, -0.2) is 82.7 Å². The molecule has 21 heavy (non-hydrogen) atoms. The molecule has 0 bridgehead atoms. The van der Waals surface area contributed by atoms with Gasteiger partial charge in [0, 0.05) is 20.1 Å². The van der Waals surface area contributed by atoms with Gasteiger partial charge < -0.3 is 20.2 Å². The lowest BCUT2D eigenvalue weighted by Gasteiger charge is -2.19. The largest absolute Gasteiger partial charge is 0.476 e. The zero-order valence-electron chi connectivity index (χ0n) is 12.6. The number of aromatic carboxylic acids is 1. The van der Waals surface area contributed by atoms with E-state index in [1.807, 2.05) is 14.1 Å². The number of nitrogens with zero attached hydrogens (tertiary/aromatic N) is 5. The maximum Gasteiger partial charge on any atom is 0.358 e. The molecule has 9 nitrogen and oxygen atoms in total. The molecule has 9 heteroatoms. The number of aromatic nitrogens is 3. The van der Waals surface area contributed by atoms with Crippen molar-refractivity contribution in [2.45, 2.75) is 13.0 Å². The molecule has 0 atom stereocenters. The maximum absolute atomic E-state index is 11.8. The highest BCUT2D eigenvalue weighted by Crippen LogP contribution is 1.93. The summed E-state index contributed by atoms with van der Waals surface area (Å²) in [4.78, 5) is 26.1. The van der Waals surface area contributed by atoms with Crippen molar-refractivity contribution in [1.82, 2.24) is 30.1 Å². The Hall–Kier alpha value is -2.16. The van der Waals surface area contributed by atoms with Crippen LogP contribution in [0.4, 0.5) is 4.79 Å². The SMILES string of the molecule is CN(C)CCCN(C)C(=O)NCCn1cc(C(=O)O)nn1. The first kappa shape index (κ1) is 16.9. The molecule has 0 unspecified atom stereocenters. The van der Waals surface area contributed by atoms with Crippen molar-refractivity contribution in [1.29, 1.82) is 0 Å². The van der Waals surface area contributed by atoms with E-state index in [0.29, 0.717) is 19.6 Å². The molecule has 1 aromatic heterocycles. The van der Waals surface area contributed by atoms with Crippen LogP contribution in [-0.2, 0) is 6.54 Å². The summed E-state index contributed by atoms with van der Waals surface area (Å²) in [6, 6.07) is -0.160. The molecule has 0 radical (unpaired) electrons. The third-order valence-corrected chi connectivity index (χ3v) is 2.82. The smallest absolute Gasteiger partial charge is 0.358 e. The summed E-state index contributed by atoms with van der Waals surface area (Å²) >= 11 is 0. The summed E-state index contributed by atoms with van der Waals surface area (Å²) in [5.74, 6) is -1.12. The van der Waals surface area contributed by atoms with Crippen molar-refractivity contribution in [2.75, 3.05) is 40.8 Å². The molecule has 1 heterocycles. The molecule has 0 fully saturated rings. The molecule has 0 aromatic carbocycles. The van der Waals surface area contributed by atoms with Gasteiger partial charge in [-0.25, -0.2) is 14.3 Å². The van der Waals surface area contributed by atoms with Gasteiger partial charge in [-0.05, 0) is 27.1 Å². The minimum Gasteiger partial charge on any atom is -0.476 e. The van der Waals surface area contributed by atoms with Gasteiger partial charge in [-0.3, -0.25) is 0 Å². The number of nitrogens with one attached hydrogen (secondary N) is 1. The Morgan fingerprint density at radius 1 is 1.33 bits per heavy atom. The number of carboxylic acid groups (broad SMARTS) is 1. The first-order valence-electron chi connectivity index (χ1n) is 6.67. The Labute approximate surface area is 123 Å². The second-order valence-corrected chi connectivity index (χ2v) is 4.98. The van der Waals surface area contributed by atoms with Crippen LogP contribution in [0, 0.1) is 0 Å². The second kappa shape index (κ2) is 8.20. The number of hydrogen-bond donors (Lipinski definition) is 2. The molecule has 2 N–H and O–H groups in total. The Bertz CT molecular complexity index is 473. The molecular formula is C12H22N6O3. The van der Waals surface area contributed by atoms with Crippen molar-refractivity contribution < 1.29 is 14.7 Å². The number of amides is 2. The highest BCUT2D eigenvalue weighted by Gasteiger charge is 2.09. The zero-order valence-corrected chi connectivity index (χ0v) is 12.6. The van der Waals surface area contributed by atoms with E-state index in [1.165, 1.54) is 10.9 Å². The lowest BCUT2D eigenvalue weighted by atomic mass is 10.4. The number of carbonyl (C=O) groups excluding carboxylic acids is 1. The molecule has 0 aliphatic heterocycles. The van der Waals surface area contributed by atoms with Gasteiger partial charge >= 0.3 is 12.0 Å². The van der Waals surface area contributed by atoms with E-state index in [9.17, 15) is 9.59 Å². The van der Waals surface area contributed by atoms with Gasteiger partial charge in [-0.1, -0.05) is 5.21 Å². The molecule has 0 aliphatic carbocycles. The average Bonchev–Trinajstić information content (AvgIpc) is 2.87. The predicted molar refractivity (Wildman–Crippen MR) is 76.2 cm³/mol. The summed E-state index contributed by atoms with van der Waals surface area (Å²) in [5, 5.41) is 18.6. The fourth-order valence-corrected chi connectivity index (χ4v) is 1.64. The lowest BCUT2D eigenvalue weighted by molar-refractivity contribution is 0.0690. The molecule has 118 valence electrons. The fraction of sp³-hybridized carbons (Fsp3) is 0.667. The molecule has 0 aliphatic rings.